The number of methoxy groups -OCH3 is 1. The number of benzene rings is 2. The maximum absolute atomic E-state index is 12.4. The number of para-hydroxylation sites is 1. The Morgan fingerprint density at radius 3 is 2.62 bits per heavy atom. The second-order valence-electron chi connectivity index (χ2n) is 4.91. The van der Waals surface area contributed by atoms with E-state index >= 15 is 0 Å². The number of carbonyl (C=O) groups excluding carboxylic acids is 1. The number of anilines is 1. The van der Waals surface area contributed by atoms with Crippen LogP contribution in [0.1, 0.15) is 10.4 Å². The number of hydrogen-bond acceptors (Lipinski definition) is 4. The van der Waals surface area contributed by atoms with Gasteiger partial charge in [0.15, 0.2) is 5.58 Å². The monoisotopic (exact) mass is 363 g/mol. The Hall–Kier alpha value is -2.50. The van der Waals surface area contributed by atoms with Crippen LogP contribution in [-0.4, -0.2) is 13.0 Å². The molecule has 1 aromatic heterocycles. The topological polar surface area (TPSA) is 68.5 Å². The van der Waals surface area contributed by atoms with Gasteiger partial charge in [-0.1, -0.05) is 35.3 Å². The molecule has 0 fully saturated rings. The van der Waals surface area contributed by atoms with Crippen molar-refractivity contribution in [1.82, 2.24) is 0 Å². The lowest BCUT2D eigenvalue weighted by Crippen LogP contribution is -2.20. The van der Waals surface area contributed by atoms with Crippen molar-refractivity contribution in [3.8, 4) is 5.75 Å². The van der Waals surface area contributed by atoms with E-state index in [4.69, 9.17) is 32.4 Å². The van der Waals surface area contributed by atoms with Crippen LogP contribution >= 0.6 is 23.2 Å². The summed E-state index contributed by atoms with van der Waals surface area (Å²) in [4.78, 5) is 24.4. The van der Waals surface area contributed by atoms with Gasteiger partial charge >= 0.3 is 5.63 Å². The standard InChI is InChI=1S/C17H11Cl2NO4/c1-23-14-6-5-10(8-13(14)19)20-16(21)11-7-9-3-2-4-12(18)15(9)24-17(11)22/h2-8H,1H3,(H,20,21). The largest absolute Gasteiger partial charge is 0.495 e. The molecule has 24 heavy (non-hydrogen) atoms. The molecule has 5 nitrogen and oxygen atoms in total. The van der Waals surface area contributed by atoms with Gasteiger partial charge in [-0.3, -0.25) is 4.79 Å². The smallest absolute Gasteiger partial charge is 0.349 e. The summed E-state index contributed by atoms with van der Waals surface area (Å²) in [5.74, 6) is -0.124. The predicted molar refractivity (Wildman–Crippen MR) is 93.5 cm³/mol. The first kappa shape index (κ1) is 16.4. The van der Waals surface area contributed by atoms with Crippen molar-refractivity contribution in [3.05, 3.63) is 68.5 Å². The van der Waals surface area contributed by atoms with E-state index in [1.807, 2.05) is 0 Å². The Bertz CT molecular complexity index is 998. The van der Waals surface area contributed by atoms with E-state index < -0.39 is 11.5 Å². The molecule has 0 spiro atoms. The molecule has 0 aliphatic carbocycles. The van der Waals surface area contributed by atoms with Crippen molar-refractivity contribution >= 4 is 45.8 Å². The van der Waals surface area contributed by atoms with Crippen LogP contribution in [0, 0.1) is 0 Å². The van der Waals surface area contributed by atoms with Gasteiger partial charge in [0, 0.05) is 11.1 Å². The van der Waals surface area contributed by atoms with Gasteiger partial charge in [0.1, 0.15) is 11.3 Å². The average molecular weight is 364 g/mol. The fourth-order valence-corrected chi connectivity index (χ4v) is 2.69. The van der Waals surface area contributed by atoms with E-state index in [2.05, 4.69) is 5.32 Å². The molecule has 0 aliphatic heterocycles. The number of nitrogens with one attached hydrogen (secondary N) is 1. The third-order valence-corrected chi connectivity index (χ3v) is 3.96. The average Bonchev–Trinajstić information content (AvgIpc) is 2.55. The molecule has 0 atom stereocenters. The maximum Gasteiger partial charge on any atom is 0.349 e. The molecular weight excluding hydrogens is 353 g/mol. The lowest BCUT2D eigenvalue weighted by atomic mass is 10.1. The molecule has 1 amide bonds. The number of carbonyl (C=O) groups is 1. The predicted octanol–water partition coefficient (Wildman–Crippen LogP) is 4.36. The minimum Gasteiger partial charge on any atom is -0.495 e. The zero-order valence-electron chi connectivity index (χ0n) is 12.4. The van der Waals surface area contributed by atoms with Gasteiger partial charge in [0.2, 0.25) is 0 Å². The maximum atomic E-state index is 12.4. The summed E-state index contributed by atoms with van der Waals surface area (Å²) in [6, 6.07) is 11.2. The van der Waals surface area contributed by atoms with Crippen molar-refractivity contribution in [2.24, 2.45) is 0 Å². The number of ether oxygens (including phenoxy) is 1. The molecular formula is C17H11Cl2NO4. The van der Waals surface area contributed by atoms with Crippen LogP contribution in [0.4, 0.5) is 5.69 Å². The molecule has 1 heterocycles. The van der Waals surface area contributed by atoms with Gasteiger partial charge in [0.05, 0.1) is 17.2 Å². The fraction of sp³-hybridized carbons (Fsp3) is 0.0588. The molecule has 0 saturated heterocycles. The van der Waals surface area contributed by atoms with Gasteiger partial charge < -0.3 is 14.5 Å². The summed E-state index contributed by atoms with van der Waals surface area (Å²) in [6.45, 7) is 0. The third-order valence-electron chi connectivity index (χ3n) is 3.37. The van der Waals surface area contributed by atoms with E-state index in [1.165, 1.54) is 19.2 Å². The SMILES string of the molecule is COc1ccc(NC(=O)c2cc3cccc(Cl)c3oc2=O)cc1Cl. The summed E-state index contributed by atoms with van der Waals surface area (Å²) in [5.41, 5.74) is -0.228. The summed E-state index contributed by atoms with van der Waals surface area (Å²) < 4.78 is 10.2. The number of fused-ring (bicyclic) bond motifs is 1. The highest BCUT2D eigenvalue weighted by Crippen LogP contribution is 2.27. The van der Waals surface area contributed by atoms with E-state index in [9.17, 15) is 9.59 Å². The Kier molecular flexibility index (Phi) is 4.46. The highest BCUT2D eigenvalue weighted by molar-refractivity contribution is 6.34. The molecule has 0 saturated carbocycles. The molecule has 122 valence electrons. The highest BCUT2D eigenvalue weighted by atomic mass is 35.5. The van der Waals surface area contributed by atoms with Crippen molar-refractivity contribution < 1.29 is 13.9 Å². The van der Waals surface area contributed by atoms with Crippen molar-refractivity contribution in [3.63, 3.8) is 0 Å². The zero-order valence-corrected chi connectivity index (χ0v) is 13.9. The van der Waals surface area contributed by atoms with E-state index in [0.717, 1.165) is 0 Å². The Morgan fingerprint density at radius 1 is 1.12 bits per heavy atom. The minimum absolute atomic E-state index is 0.128. The summed E-state index contributed by atoms with van der Waals surface area (Å²) in [5, 5.41) is 3.80. The molecule has 7 heteroatoms. The third kappa shape index (κ3) is 3.09. The molecule has 0 bridgehead atoms. The molecule has 3 rings (SSSR count). The summed E-state index contributed by atoms with van der Waals surface area (Å²) >= 11 is 12.0. The van der Waals surface area contributed by atoms with Crippen LogP contribution in [0.3, 0.4) is 0 Å². The molecule has 2 aromatic carbocycles. The van der Waals surface area contributed by atoms with Crippen LogP contribution in [0.25, 0.3) is 11.0 Å². The fourth-order valence-electron chi connectivity index (χ4n) is 2.21. The van der Waals surface area contributed by atoms with Crippen molar-refractivity contribution in [1.29, 1.82) is 0 Å². The quantitative estimate of drug-likeness (QED) is 0.701. The second kappa shape index (κ2) is 6.55. The van der Waals surface area contributed by atoms with Crippen LogP contribution in [0.2, 0.25) is 10.0 Å². The Labute approximate surface area is 146 Å². The first-order valence-electron chi connectivity index (χ1n) is 6.87. The molecule has 1 N–H and O–H groups in total. The van der Waals surface area contributed by atoms with E-state index in [0.29, 0.717) is 26.9 Å². The number of rotatable bonds is 3. The number of halogens is 2. The molecule has 0 aliphatic rings. The number of amides is 1. The Morgan fingerprint density at radius 2 is 1.92 bits per heavy atom. The lowest BCUT2D eigenvalue weighted by molar-refractivity contribution is 0.102. The highest BCUT2D eigenvalue weighted by Gasteiger charge is 2.15. The van der Waals surface area contributed by atoms with E-state index in [1.54, 1.807) is 30.3 Å². The molecule has 3 aromatic rings. The van der Waals surface area contributed by atoms with Gasteiger partial charge in [0.25, 0.3) is 5.91 Å². The minimum atomic E-state index is -0.771. The first-order valence-corrected chi connectivity index (χ1v) is 7.62. The van der Waals surface area contributed by atoms with Crippen molar-refractivity contribution in [2.45, 2.75) is 0 Å². The van der Waals surface area contributed by atoms with Gasteiger partial charge in [-0.25, -0.2) is 4.79 Å². The lowest BCUT2D eigenvalue weighted by Gasteiger charge is -2.08. The van der Waals surface area contributed by atoms with Crippen LogP contribution < -0.4 is 15.7 Å². The molecule has 0 unspecified atom stereocenters. The Balaban J connectivity index is 1.95. The van der Waals surface area contributed by atoms with Crippen molar-refractivity contribution in [2.75, 3.05) is 12.4 Å². The second-order valence-corrected chi connectivity index (χ2v) is 5.72. The first-order chi connectivity index (χ1) is 11.5. The van der Waals surface area contributed by atoms with Crippen LogP contribution in [-0.2, 0) is 0 Å². The normalized spacial score (nSPS) is 10.6. The zero-order chi connectivity index (χ0) is 17.3. The van der Waals surface area contributed by atoms with Gasteiger partial charge in [-0.05, 0) is 30.3 Å². The van der Waals surface area contributed by atoms with Crippen LogP contribution in [0.15, 0.2) is 51.7 Å². The number of hydrogen-bond donors (Lipinski definition) is 1. The van der Waals surface area contributed by atoms with Crippen LogP contribution in [0.5, 0.6) is 5.75 Å². The summed E-state index contributed by atoms with van der Waals surface area (Å²) in [6.07, 6.45) is 0. The van der Waals surface area contributed by atoms with Gasteiger partial charge in [-0.2, -0.15) is 0 Å². The molecule has 0 radical (unpaired) electrons. The van der Waals surface area contributed by atoms with Gasteiger partial charge in [-0.15, -0.1) is 0 Å². The van der Waals surface area contributed by atoms with E-state index in [-0.39, 0.29) is 11.1 Å². The summed E-state index contributed by atoms with van der Waals surface area (Å²) in [7, 11) is 1.49.